The fourth-order valence-corrected chi connectivity index (χ4v) is 3.03. The van der Waals surface area contributed by atoms with E-state index in [2.05, 4.69) is 15.5 Å². The van der Waals surface area contributed by atoms with E-state index in [-0.39, 0.29) is 5.91 Å². The number of ether oxygens (including phenoxy) is 1. The number of benzene rings is 2. The maximum Gasteiger partial charge on any atom is 0.230 e. The molecule has 0 fully saturated rings. The van der Waals surface area contributed by atoms with Crippen LogP contribution in [0.2, 0.25) is 0 Å². The molecule has 0 saturated heterocycles. The second-order valence-corrected chi connectivity index (χ2v) is 6.30. The van der Waals surface area contributed by atoms with Crippen LogP contribution in [0.3, 0.4) is 0 Å². The van der Waals surface area contributed by atoms with Gasteiger partial charge in [-0.3, -0.25) is 4.79 Å². The van der Waals surface area contributed by atoms with Crippen LogP contribution in [0.15, 0.2) is 54.6 Å². The molecule has 122 valence electrons. The zero-order valence-electron chi connectivity index (χ0n) is 13.2. The number of carbonyl (C=O) groups excluding carboxylic acids is 1. The van der Waals surface area contributed by atoms with Gasteiger partial charge in [0, 0.05) is 6.42 Å². The van der Waals surface area contributed by atoms with E-state index < -0.39 is 0 Å². The van der Waals surface area contributed by atoms with Crippen molar-refractivity contribution in [1.29, 1.82) is 0 Å². The summed E-state index contributed by atoms with van der Waals surface area (Å²) in [6.45, 7) is 0. The highest BCUT2D eigenvalue weighted by atomic mass is 32.1. The quantitative estimate of drug-likeness (QED) is 0.748. The van der Waals surface area contributed by atoms with E-state index in [0.717, 1.165) is 21.9 Å². The molecule has 5 nitrogen and oxygen atoms in total. The standard InChI is InChI=1S/C18H17N3O2S/c1-23-15-9-7-14(8-10-15)12-17-20-21-18(24-17)19-16(22)11-13-5-3-2-4-6-13/h2-10H,11-12H2,1H3,(H,19,21,22). The number of hydrogen-bond acceptors (Lipinski definition) is 5. The molecular formula is C18H17N3O2S. The van der Waals surface area contributed by atoms with Gasteiger partial charge in [0.05, 0.1) is 13.5 Å². The summed E-state index contributed by atoms with van der Waals surface area (Å²) in [6.07, 6.45) is 1.00. The molecule has 6 heteroatoms. The van der Waals surface area contributed by atoms with E-state index >= 15 is 0 Å². The highest BCUT2D eigenvalue weighted by Crippen LogP contribution is 2.20. The molecule has 0 atom stereocenters. The Morgan fingerprint density at radius 3 is 2.50 bits per heavy atom. The first-order valence-corrected chi connectivity index (χ1v) is 8.33. The number of aromatic nitrogens is 2. The second-order valence-electron chi connectivity index (χ2n) is 5.24. The average Bonchev–Trinajstić information content (AvgIpc) is 3.03. The second kappa shape index (κ2) is 7.70. The molecule has 24 heavy (non-hydrogen) atoms. The zero-order chi connectivity index (χ0) is 16.8. The first kappa shape index (κ1) is 16.1. The zero-order valence-corrected chi connectivity index (χ0v) is 14.0. The Labute approximate surface area is 144 Å². The fraction of sp³-hybridized carbons (Fsp3) is 0.167. The van der Waals surface area contributed by atoms with Crippen molar-refractivity contribution in [2.24, 2.45) is 0 Å². The van der Waals surface area contributed by atoms with E-state index in [0.29, 0.717) is 18.0 Å². The summed E-state index contributed by atoms with van der Waals surface area (Å²) in [5.74, 6) is 0.734. The summed E-state index contributed by atoms with van der Waals surface area (Å²) in [4.78, 5) is 12.0. The third-order valence-electron chi connectivity index (χ3n) is 3.44. The molecule has 1 amide bonds. The largest absolute Gasteiger partial charge is 0.497 e. The minimum absolute atomic E-state index is 0.0895. The van der Waals surface area contributed by atoms with Gasteiger partial charge in [0.1, 0.15) is 10.8 Å². The molecule has 0 saturated carbocycles. The normalized spacial score (nSPS) is 10.4. The number of nitrogens with one attached hydrogen (secondary N) is 1. The number of anilines is 1. The molecule has 1 heterocycles. The number of carbonyl (C=O) groups is 1. The number of methoxy groups -OCH3 is 1. The van der Waals surface area contributed by atoms with E-state index in [1.165, 1.54) is 11.3 Å². The summed E-state index contributed by atoms with van der Waals surface area (Å²) < 4.78 is 5.14. The molecule has 0 aliphatic carbocycles. The minimum Gasteiger partial charge on any atom is -0.497 e. The Balaban J connectivity index is 1.57. The SMILES string of the molecule is COc1ccc(Cc2nnc(NC(=O)Cc3ccccc3)s2)cc1. The Morgan fingerprint density at radius 2 is 1.79 bits per heavy atom. The van der Waals surface area contributed by atoms with Crippen LogP contribution in [0.5, 0.6) is 5.75 Å². The van der Waals surface area contributed by atoms with Crippen molar-refractivity contribution in [2.45, 2.75) is 12.8 Å². The smallest absolute Gasteiger partial charge is 0.230 e. The highest BCUT2D eigenvalue weighted by Gasteiger charge is 2.09. The van der Waals surface area contributed by atoms with E-state index in [1.54, 1.807) is 7.11 Å². The molecule has 1 N–H and O–H groups in total. The fourth-order valence-electron chi connectivity index (χ4n) is 2.24. The lowest BCUT2D eigenvalue weighted by Crippen LogP contribution is -2.14. The molecule has 0 aliphatic heterocycles. The minimum atomic E-state index is -0.0895. The van der Waals surface area contributed by atoms with Gasteiger partial charge in [-0.1, -0.05) is 53.8 Å². The van der Waals surface area contributed by atoms with Crippen LogP contribution >= 0.6 is 11.3 Å². The lowest BCUT2D eigenvalue weighted by molar-refractivity contribution is -0.115. The van der Waals surface area contributed by atoms with Crippen LogP contribution < -0.4 is 10.1 Å². The van der Waals surface area contributed by atoms with Gasteiger partial charge < -0.3 is 10.1 Å². The number of hydrogen-bond donors (Lipinski definition) is 1. The summed E-state index contributed by atoms with van der Waals surface area (Å²) in [7, 11) is 1.64. The lowest BCUT2D eigenvalue weighted by Gasteiger charge is -2.01. The summed E-state index contributed by atoms with van der Waals surface area (Å²) >= 11 is 1.39. The molecule has 0 spiro atoms. The molecule has 1 aromatic heterocycles. The third kappa shape index (κ3) is 4.39. The topological polar surface area (TPSA) is 64.1 Å². The van der Waals surface area contributed by atoms with E-state index in [9.17, 15) is 4.79 Å². The summed E-state index contributed by atoms with van der Waals surface area (Å²) in [5.41, 5.74) is 2.09. The Kier molecular flexibility index (Phi) is 5.18. The van der Waals surface area contributed by atoms with Gasteiger partial charge in [0.2, 0.25) is 11.0 Å². The molecule has 0 bridgehead atoms. The molecule has 0 radical (unpaired) electrons. The average molecular weight is 339 g/mol. The van der Waals surface area contributed by atoms with Crippen molar-refractivity contribution in [3.63, 3.8) is 0 Å². The Bertz CT molecular complexity index is 801. The molecule has 0 unspecified atom stereocenters. The van der Waals surface area contributed by atoms with Crippen molar-refractivity contribution in [3.8, 4) is 5.75 Å². The number of rotatable bonds is 6. The van der Waals surface area contributed by atoms with Crippen molar-refractivity contribution < 1.29 is 9.53 Å². The van der Waals surface area contributed by atoms with Crippen molar-refractivity contribution in [3.05, 3.63) is 70.7 Å². The lowest BCUT2D eigenvalue weighted by atomic mass is 10.1. The third-order valence-corrected chi connectivity index (χ3v) is 4.27. The molecule has 0 aliphatic rings. The van der Waals surface area contributed by atoms with Crippen molar-refractivity contribution in [1.82, 2.24) is 10.2 Å². The van der Waals surface area contributed by atoms with Crippen LogP contribution in [-0.4, -0.2) is 23.2 Å². The van der Waals surface area contributed by atoms with E-state index in [1.807, 2.05) is 54.6 Å². The van der Waals surface area contributed by atoms with Gasteiger partial charge in [-0.2, -0.15) is 0 Å². The predicted molar refractivity (Wildman–Crippen MR) is 94.5 cm³/mol. The van der Waals surface area contributed by atoms with Crippen LogP contribution in [0.1, 0.15) is 16.1 Å². The van der Waals surface area contributed by atoms with Crippen LogP contribution in [0.4, 0.5) is 5.13 Å². The summed E-state index contributed by atoms with van der Waals surface area (Å²) in [6, 6.07) is 17.4. The Hall–Kier alpha value is -2.73. The first-order valence-electron chi connectivity index (χ1n) is 7.52. The highest BCUT2D eigenvalue weighted by molar-refractivity contribution is 7.15. The van der Waals surface area contributed by atoms with Crippen molar-refractivity contribution in [2.75, 3.05) is 12.4 Å². The molecule has 3 rings (SSSR count). The Morgan fingerprint density at radius 1 is 1.04 bits per heavy atom. The van der Waals surface area contributed by atoms with Crippen LogP contribution in [0, 0.1) is 0 Å². The molecule has 3 aromatic rings. The maximum atomic E-state index is 12.0. The van der Waals surface area contributed by atoms with Crippen LogP contribution in [-0.2, 0) is 17.6 Å². The van der Waals surface area contributed by atoms with E-state index in [4.69, 9.17) is 4.74 Å². The number of nitrogens with zero attached hydrogens (tertiary/aromatic N) is 2. The molecule has 2 aromatic carbocycles. The molecular weight excluding hydrogens is 322 g/mol. The van der Waals surface area contributed by atoms with Gasteiger partial charge in [0.25, 0.3) is 0 Å². The van der Waals surface area contributed by atoms with Gasteiger partial charge in [-0.15, -0.1) is 10.2 Å². The summed E-state index contributed by atoms with van der Waals surface area (Å²) in [5, 5.41) is 12.4. The van der Waals surface area contributed by atoms with Crippen molar-refractivity contribution >= 4 is 22.4 Å². The first-order chi connectivity index (χ1) is 11.7. The maximum absolute atomic E-state index is 12.0. The van der Waals surface area contributed by atoms with Crippen LogP contribution in [0.25, 0.3) is 0 Å². The number of amides is 1. The predicted octanol–water partition coefficient (Wildman–Crippen LogP) is 3.32. The van der Waals surface area contributed by atoms with Gasteiger partial charge >= 0.3 is 0 Å². The van der Waals surface area contributed by atoms with Gasteiger partial charge in [-0.25, -0.2) is 0 Å². The monoisotopic (exact) mass is 339 g/mol. The van der Waals surface area contributed by atoms with Gasteiger partial charge in [-0.05, 0) is 23.3 Å². The van der Waals surface area contributed by atoms with Gasteiger partial charge in [0.15, 0.2) is 0 Å².